The third-order valence-electron chi connectivity index (χ3n) is 5.00. The molecular formula is C21H25ClFN3O7S2. The molecule has 2 aromatic rings. The van der Waals surface area contributed by atoms with Gasteiger partial charge in [0.25, 0.3) is 0 Å². The average Bonchev–Trinajstić information content (AvgIpc) is 2.82. The summed E-state index contributed by atoms with van der Waals surface area (Å²) in [6, 6.07) is 9.25. The Morgan fingerprint density at radius 3 is 2.40 bits per heavy atom. The highest BCUT2D eigenvalue weighted by molar-refractivity contribution is 7.92. The molecule has 0 aliphatic carbocycles. The number of carbonyl (C=O) groups excluding carboxylic acids is 1. The van der Waals surface area contributed by atoms with Crippen LogP contribution in [0, 0.1) is 5.82 Å². The van der Waals surface area contributed by atoms with Crippen LogP contribution in [0.15, 0.2) is 47.4 Å². The average molecular weight is 550 g/mol. The molecule has 0 bridgehead atoms. The summed E-state index contributed by atoms with van der Waals surface area (Å²) in [4.78, 5) is 12.4. The summed E-state index contributed by atoms with van der Waals surface area (Å²) in [5, 5.41) is 2.27. The van der Waals surface area contributed by atoms with Gasteiger partial charge >= 0.3 is 0 Å². The van der Waals surface area contributed by atoms with Gasteiger partial charge in [0.1, 0.15) is 24.7 Å². The molecule has 1 amide bonds. The van der Waals surface area contributed by atoms with E-state index >= 15 is 0 Å². The van der Waals surface area contributed by atoms with Crippen LogP contribution in [0.25, 0.3) is 0 Å². The number of sulfonamides is 2. The van der Waals surface area contributed by atoms with Gasteiger partial charge in [-0.3, -0.25) is 9.10 Å². The predicted molar refractivity (Wildman–Crippen MR) is 128 cm³/mol. The monoisotopic (exact) mass is 549 g/mol. The minimum absolute atomic E-state index is 0.0532. The van der Waals surface area contributed by atoms with Crippen molar-refractivity contribution >= 4 is 43.2 Å². The summed E-state index contributed by atoms with van der Waals surface area (Å²) in [5.74, 6) is -0.914. The predicted octanol–water partition coefficient (Wildman–Crippen LogP) is 1.46. The Balaban J connectivity index is 1.50. The van der Waals surface area contributed by atoms with Crippen molar-refractivity contribution in [3.63, 3.8) is 0 Å². The molecule has 0 radical (unpaired) electrons. The van der Waals surface area contributed by atoms with E-state index < -0.39 is 38.3 Å². The molecule has 10 nitrogen and oxygen atoms in total. The van der Waals surface area contributed by atoms with Gasteiger partial charge in [0.2, 0.25) is 26.0 Å². The van der Waals surface area contributed by atoms with E-state index in [1.807, 2.05) is 0 Å². The van der Waals surface area contributed by atoms with Crippen LogP contribution in [0.1, 0.15) is 0 Å². The zero-order valence-electron chi connectivity index (χ0n) is 18.8. The van der Waals surface area contributed by atoms with E-state index in [0.29, 0.717) is 32.1 Å². The number of ether oxygens (including phenoxy) is 2. The van der Waals surface area contributed by atoms with Gasteiger partial charge in [-0.05, 0) is 42.5 Å². The van der Waals surface area contributed by atoms with Crippen molar-refractivity contribution in [1.82, 2.24) is 9.62 Å². The molecule has 0 unspecified atom stereocenters. The Morgan fingerprint density at radius 2 is 1.80 bits per heavy atom. The third kappa shape index (κ3) is 7.27. The molecule has 0 aromatic heterocycles. The Labute approximate surface area is 208 Å². The molecule has 1 N–H and O–H groups in total. The molecule has 1 fully saturated rings. The molecule has 3 rings (SSSR count). The maximum Gasteiger partial charge on any atom is 0.243 e. The summed E-state index contributed by atoms with van der Waals surface area (Å²) in [5.41, 5.74) is 0.0532. The molecule has 1 aliphatic heterocycles. The molecule has 0 saturated carbocycles. The highest BCUT2D eigenvalue weighted by Crippen LogP contribution is 2.24. The summed E-state index contributed by atoms with van der Waals surface area (Å²) >= 11 is 5.72. The number of amides is 1. The first kappa shape index (κ1) is 27.1. The van der Waals surface area contributed by atoms with E-state index in [4.69, 9.17) is 21.1 Å². The van der Waals surface area contributed by atoms with Crippen molar-refractivity contribution in [3.05, 3.63) is 53.3 Å². The number of nitrogens with one attached hydrogen (secondary N) is 1. The fraction of sp³-hybridized carbons (Fsp3) is 0.381. The summed E-state index contributed by atoms with van der Waals surface area (Å²) in [6.07, 6.45) is 0.920. The van der Waals surface area contributed by atoms with Gasteiger partial charge in [-0.1, -0.05) is 11.6 Å². The summed E-state index contributed by atoms with van der Waals surface area (Å²) in [6.45, 7) is 0.889. The van der Waals surface area contributed by atoms with E-state index in [1.165, 1.54) is 34.6 Å². The zero-order chi connectivity index (χ0) is 25.6. The fourth-order valence-electron chi connectivity index (χ4n) is 3.23. The molecular weight excluding hydrogens is 525 g/mol. The maximum atomic E-state index is 13.4. The fourth-order valence-corrected chi connectivity index (χ4v) is 5.66. The molecule has 1 aliphatic rings. The van der Waals surface area contributed by atoms with E-state index in [-0.39, 0.29) is 28.8 Å². The number of carbonyl (C=O) groups is 1. The zero-order valence-corrected chi connectivity index (χ0v) is 21.2. The van der Waals surface area contributed by atoms with Crippen LogP contribution >= 0.6 is 11.6 Å². The minimum atomic E-state index is -3.84. The lowest BCUT2D eigenvalue weighted by Crippen LogP contribution is -2.41. The Bertz CT molecular complexity index is 1250. The number of anilines is 1. The van der Waals surface area contributed by atoms with Crippen molar-refractivity contribution in [2.24, 2.45) is 0 Å². The lowest BCUT2D eigenvalue weighted by Gasteiger charge is -2.26. The smallest absolute Gasteiger partial charge is 0.243 e. The molecule has 2 aromatic carbocycles. The normalized spacial score (nSPS) is 14.9. The number of hydrogen-bond acceptors (Lipinski definition) is 7. The number of benzene rings is 2. The SMILES string of the molecule is CS(=O)(=O)N(CC(=O)NCCOc1ccc(S(=O)(=O)N2CCOCC2)cc1)c1ccc(F)c(Cl)c1. The minimum Gasteiger partial charge on any atom is -0.492 e. The van der Waals surface area contributed by atoms with Crippen LogP contribution in [0.3, 0.4) is 0 Å². The number of hydrogen-bond donors (Lipinski definition) is 1. The van der Waals surface area contributed by atoms with Crippen LogP contribution in [-0.4, -0.2) is 79.3 Å². The second-order valence-electron chi connectivity index (χ2n) is 7.55. The second kappa shape index (κ2) is 11.5. The van der Waals surface area contributed by atoms with Crippen LogP contribution in [0.5, 0.6) is 5.75 Å². The Morgan fingerprint density at radius 1 is 1.14 bits per heavy atom. The maximum absolute atomic E-state index is 13.4. The quantitative estimate of drug-likeness (QED) is 0.445. The number of morpholine rings is 1. The Hall–Kier alpha value is -2.45. The molecule has 0 atom stereocenters. The van der Waals surface area contributed by atoms with Gasteiger partial charge < -0.3 is 14.8 Å². The largest absolute Gasteiger partial charge is 0.492 e. The van der Waals surface area contributed by atoms with Crippen molar-refractivity contribution in [2.75, 3.05) is 56.6 Å². The van der Waals surface area contributed by atoms with Gasteiger partial charge in [0.15, 0.2) is 0 Å². The molecule has 192 valence electrons. The first-order valence-corrected chi connectivity index (χ1v) is 14.2. The highest BCUT2D eigenvalue weighted by atomic mass is 35.5. The van der Waals surface area contributed by atoms with Gasteiger partial charge in [-0.2, -0.15) is 4.31 Å². The molecule has 1 heterocycles. The molecule has 14 heteroatoms. The van der Waals surface area contributed by atoms with E-state index in [1.54, 1.807) is 0 Å². The van der Waals surface area contributed by atoms with Crippen molar-refractivity contribution in [1.29, 1.82) is 0 Å². The van der Waals surface area contributed by atoms with E-state index in [9.17, 15) is 26.0 Å². The summed E-state index contributed by atoms with van der Waals surface area (Å²) in [7, 11) is -7.45. The lowest BCUT2D eigenvalue weighted by molar-refractivity contribution is -0.119. The van der Waals surface area contributed by atoms with Gasteiger partial charge in [-0.25, -0.2) is 21.2 Å². The van der Waals surface area contributed by atoms with E-state index in [0.717, 1.165) is 22.7 Å². The summed E-state index contributed by atoms with van der Waals surface area (Å²) < 4.78 is 75.8. The van der Waals surface area contributed by atoms with Gasteiger partial charge in [-0.15, -0.1) is 0 Å². The van der Waals surface area contributed by atoms with E-state index in [2.05, 4.69) is 5.32 Å². The number of rotatable bonds is 10. The van der Waals surface area contributed by atoms with Gasteiger partial charge in [0.05, 0.1) is 41.6 Å². The van der Waals surface area contributed by atoms with Crippen LogP contribution in [0.4, 0.5) is 10.1 Å². The second-order valence-corrected chi connectivity index (χ2v) is 11.8. The molecule has 35 heavy (non-hydrogen) atoms. The third-order valence-corrected chi connectivity index (χ3v) is 8.35. The number of nitrogens with zero attached hydrogens (tertiary/aromatic N) is 2. The topological polar surface area (TPSA) is 122 Å². The van der Waals surface area contributed by atoms with Crippen LogP contribution < -0.4 is 14.4 Å². The first-order chi connectivity index (χ1) is 16.5. The van der Waals surface area contributed by atoms with Crippen molar-refractivity contribution in [2.45, 2.75) is 4.90 Å². The van der Waals surface area contributed by atoms with Crippen LogP contribution in [0.2, 0.25) is 5.02 Å². The van der Waals surface area contributed by atoms with Crippen molar-refractivity contribution < 1.29 is 35.5 Å². The van der Waals surface area contributed by atoms with Crippen molar-refractivity contribution in [3.8, 4) is 5.75 Å². The van der Waals surface area contributed by atoms with Gasteiger partial charge in [0, 0.05) is 13.1 Å². The van der Waals surface area contributed by atoms with Crippen LogP contribution in [-0.2, 0) is 29.6 Å². The highest BCUT2D eigenvalue weighted by Gasteiger charge is 2.26. The first-order valence-electron chi connectivity index (χ1n) is 10.5. The lowest BCUT2D eigenvalue weighted by atomic mass is 10.3. The molecule has 0 spiro atoms. The standard InChI is InChI=1S/C21H25ClFN3O7S2/c1-34(28,29)26(16-2-7-20(23)19(22)14-16)15-21(27)24-8-11-33-17-3-5-18(6-4-17)35(30,31)25-9-12-32-13-10-25/h2-7,14H,8-13,15H2,1H3,(H,24,27). The Kier molecular flexibility index (Phi) is 8.94. The molecule has 1 saturated heterocycles. The number of halogens is 2.